The summed E-state index contributed by atoms with van der Waals surface area (Å²) in [5.41, 5.74) is 0. The maximum atomic E-state index is 11.9. The highest BCUT2D eigenvalue weighted by Gasteiger charge is 2.27. The van der Waals surface area contributed by atoms with Gasteiger partial charge in [0.1, 0.15) is 13.1 Å². The number of amides is 3. The van der Waals surface area contributed by atoms with Crippen molar-refractivity contribution in [1.29, 1.82) is 0 Å². The molecule has 0 radical (unpaired) electrons. The summed E-state index contributed by atoms with van der Waals surface area (Å²) in [5, 5.41) is 2.15. The summed E-state index contributed by atoms with van der Waals surface area (Å²) in [6.07, 6.45) is 0. The van der Waals surface area contributed by atoms with Gasteiger partial charge in [0.2, 0.25) is 11.8 Å². The summed E-state index contributed by atoms with van der Waals surface area (Å²) in [5.74, 6) is -1.13. The molecule has 2 heterocycles. The van der Waals surface area contributed by atoms with E-state index in [4.69, 9.17) is 0 Å². The van der Waals surface area contributed by atoms with Gasteiger partial charge in [0.05, 0.1) is 4.88 Å². The second-order valence-electron chi connectivity index (χ2n) is 3.54. The van der Waals surface area contributed by atoms with Crippen LogP contribution in [-0.2, 0) is 9.59 Å². The van der Waals surface area contributed by atoms with Crippen LogP contribution in [0.4, 0.5) is 0 Å². The van der Waals surface area contributed by atoms with Crippen LogP contribution in [0.5, 0.6) is 0 Å². The molecule has 0 atom stereocenters. The topological polar surface area (TPSA) is 66.5 Å². The fraction of sp³-hybridized carbons (Fsp3) is 0.300. The van der Waals surface area contributed by atoms with Gasteiger partial charge < -0.3 is 4.90 Å². The lowest BCUT2D eigenvalue weighted by Gasteiger charge is -2.24. The number of aryl methyl sites for hydroxylation is 1. The smallest absolute Gasteiger partial charge is 0.264 e. The van der Waals surface area contributed by atoms with Crippen LogP contribution in [0.3, 0.4) is 0 Å². The molecule has 0 bridgehead atoms. The lowest BCUT2D eigenvalue weighted by Crippen LogP contribution is -2.53. The molecule has 6 heteroatoms. The van der Waals surface area contributed by atoms with E-state index in [0.717, 1.165) is 4.88 Å². The van der Waals surface area contributed by atoms with Crippen LogP contribution in [-0.4, -0.2) is 35.7 Å². The van der Waals surface area contributed by atoms with Gasteiger partial charge in [0.15, 0.2) is 0 Å². The quantitative estimate of drug-likeness (QED) is 0.708. The zero-order valence-electron chi connectivity index (χ0n) is 8.65. The molecule has 1 aromatic heterocycles. The number of hydrogen-bond donors (Lipinski definition) is 1. The molecule has 5 nitrogen and oxygen atoms in total. The standard InChI is InChI=1S/C10H10N2O3S/c1-6-2-3-7(16-6)10(15)12-4-8(13)11-9(14)5-12/h2-3H,4-5H2,1H3,(H,11,13,14). The minimum atomic E-state index is -0.433. The summed E-state index contributed by atoms with van der Waals surface area (Å²) in [6, 6.07) is 3.54. The molecule has 1 aliphatic heterocycles. The van der Waals surface area contributed by atoms with Gasteiger partial charge in [-0.1, -0.05) is 0 Å². The van der Waals surface area contributed by atoms with E-state index in [2.05, 4.69) is 5.32 Å². The van der Waals surface area contributed by atoms with Gasteiger partial charge in [-0.3, -0.25) is 19.7 Å². The first-order valence-electron chi connectivity index (χ1n) is 4.74. The Morgan fingerprint density at radius 3 is 2.44 bits per heavy atom. The predicted molar refractivity (Wildman–Crippen MR) is 58.1 cm³/mol. The average Bonchev–Trinajstić information content (AvgIpc) is 2.62. The van der Waals surface area contributed by atoms with Crippen LogP contribution in [0.15, 0.2) is 12.1 Å². The number of nitrogens with zero attached hydrogens (tertiary/aromatic N) is 1. The maximum absolute atomic E-state index is 11.9. The zero-order chi connectivity index (χ0) is 11.7. The molecule has 0 aromatic carbocycles. The molecule has 0 spiro atoms. The van der Waals surface area contributed by atoms with Gasteiger partial charge in [0.25, 0.3) is 5.91 Å². The third-order valence-corrected chi connectivity index (χ3v) is 3.17. The van der Waals surface area contributed by atoms with Crippen molar-refractivity contribution in [2.75, 3.05) is 13.1 Å². The molecule has 1 aromatic rings. The van der Waals surface area contributed by atoms with Crippen LogP contribution in [0.25, 0.3) is 0 Å². The summed E-state index contributed by atoms with van der Waals surface area (Å²) in [4.78, 5) is 36.9. The monoisotopic (exact) mass is 238 g/mol. The first-order valence-corrected chi connectivity index (χ1v) is 5.56. The Hall–Kier alpha value is -1.69. The number of nitrogens with one attached hydrogen (secondary N) is 1. The molecule has 1 N–H and O–H groups in total. The molecular formula is C10H10N2O3S. The normalized spacial score (nSPS) is 16.2. The Bertz CT molecular complexity index is 450. The largest absolute Gasteiger partial charge is 0.319 e. The van der Waals surface area contributed by atoms with E-state index in [-0.39, 0.29) is 19.0 Å². The average molecular weight is 238 g/mol. The lowest BCUT2D eigenvalue weighted by atomic mass is 10.3. The second kappa shape index (κ2) is 4.05. The fourth-order valence-corrected chi connectivity index (χ4v) is 2.32. The first-order chi connectivity index (χ1) is 7.56. The molecule has 0 unspecified atom stereocenters. The highest BCUT2D eigenvalue weighted by molar-refractivity contribution is 7.13. The minimum Gasteiger partial charge on any atom is -0.319 e. The molecule has 1 fully saturated rings. The summed E-state index contributed by atoms with van der Waals surface area (Å²) in [6.45, 7) is 1.79. The van der Waals surface area contributed by atoms with Crippen molar-refractivity contribution in [3.8, 4) is 0 Å². The van der Waals surface area contributed by atoms with E-state index in [0.29, 0.717) is 4.88 Å². The Balaban J connectivity index is 2.15. The highest BCUT2D eigenvalue weighted by Crippen LogP contribution is 2.17. The molecule has 2 rings (SSSR count). The van der Waals surface area contributed by atoms with E-state index >= 15 is 0 Å². The molecule has 0 saturated carbocycles. The van der Waals surface area contributed by atoms with Crippen LogP contribution < -0.4 is 5.32 Å². The molecule has 3 amide bonds. The first kappa shape index (κ1) is 10.8. The number of piperazine rings is 1. The third kappa shape index (κ3) is 2.11. The SMILES string of the molecule is Cc1ccc(C(=O)N2CC(=O)NC(=O)C2)s1. The Kier molecular flexibility index (Phi) is 2.74. The van der Waals surface area contributed by atoms with E-state index in [1.165, 1.54) is 16.2 Å². The Morgan fingerprint density at radius 2 is 1.94 bits per heavy atom. The predicted octanol–water partition coefficient (Wildman–Crippen LogP) is 0.155. The number of carbonyl (C=O) groups excluding carboxylic acids is 3. The number of hydrogen-bond acceptors (Lipinski definition) is 4. The molecule has 84 valence electrons. The van der Waals surface area contributed by atoms with Gasteiger partial charge in [-0.05, 0) is 19.1 Å². The Morgan fingerprint density at radius 1 is 1.31 bits per heavy atom. The lowest BCUT2D eigenvalue weighted by molar-refractivity contribution is -0.135. The van der Waals surface area contributed by atoms with Crippen molar-refractivity contribution >= 4 is 29.1 Å². The van der Waals surface area contributed by atoms with Crippen LogP contribution >= 0.6 is 11.3 Å². The number of thiophene rings is 1. The van der Waals surface area contributed by atoms with Crippen molar-refractivity contribution in [3.63, 3.8) is 0 Å². The van der Waals surface area contributed by atoms with E-state index in [1.807, 2.05) is 13.0 Å². The fourth-order valence-electron chi connectivity index (χ4n) is 1.49. The van der Waals surface area contributed by atoms with Gasteiger partial charge in [-0.2, -0.15) is 0 Å². The van der Waals surface area contributed by atoms with Crippen molar-refractivity contribution in [2.45, 2.75) is 6.92 Å². The van der Waals surface area contributed by atoms with Gasteiger partial charge in [0, 0.05) is 4.88 Å². The summed E-state index contributed by atoms with van der Waals surface area (Å²) in [7, 11) is 0. The van der Waals surface area contributed by atoms with Crippen molar-refractivity contribution in [3.05, 3.63) is 21.9 Å². The van der Waals surface area contributed by atoms with E-state index in [9.17, 15) is 14.4 Å². The van der Waals surface area contributed by atoms with Crippen molar-refractivity contribution < 1.29 is 14.4 Å². The minimum absolute atomic E-state index is 0.0540. The van der Waals surface area contributed by atoms with Crippen LogP contribution in [0.1, 0.15) is 14.5 Å². The number of imide groups is 1. The number of carbonyl (C=O) groups is 3. The second-order valence-corrected chi connectivity index (χ2v) is 4.83. The highest BCUT2D eigenvalue weighted by atomic mass is 32.1. The van der Waals surface area contributed by atoms with Gasteiger partial charge >= 0.3 is 0 Å². The van der Waals surface area contributed by atoms with E-state index < -0.39 is 11.8 Å². The zero-order valence-corrected chi connectivity index (χ0v) is 9.47. The van der Waals surface area contributed by atoms with E-state index in [1.54, 1.807) is 6.07 Å². The van der Waals surface area contributed by atoms with Crippen molar-refractivity contribution in [2.24, 2.45) is 0 Å². The molecular weight excluding hydrogens is 228 g/mol. The summed E-state index contributed by atoms with van der Waals surface area (Å²) >= 11 is 1.36. The van der Waals surface area contributed by atoms with Crippen LogP contribution in [0.2, 0.25) is 0 Å². The molecule has 0 aliphatic carbocycles. The van der Waals surface area contributed by atoms with Crippen LogP contribution in [0, 0.1) is 6.92 Å². The number of rotatable bonds is 1. The Labute approximate surface area is 96.0 Å². The van der Waals surface area contributed by atoms with Gasteiger partial charge in [-0.25, -0.2) is 0 Å². The molecule has 1 aliphatic rings. The van der Waals surface area contributed by atoms with Gasteiger partial charge in [-0.15, -0.1) is 11.3 Å². The maximum Gasteiger partial charge on any atom is 0.264 e. The molecule has 16 heavy (non-hydrogen) atoms. The van der Waals surface area contributed by atoms with Crippen molar-refractivity contribution in [1.82, 2.24) is 10.2 Å². The summed E-state index contributed by atoms with van der Waals surface area (Å²) < 4.78 is 0. The third-order valence-electron chi connectivity index (χ3n) is 2.19. The molecule has 1 saturated heterocycles.